The van der Waals surface area contributed by atoms with Gasteiger partial charge in [-0.25, -0.2) is 9.67 Å². The lowest BCUT2D eigenvalue weighted by Gasteiger charge is -2.37. The molecule has 5 rings (SSSR count). The van der Waals surface area contributed by atoms with Gasteiger partial charge in [-0.15, -0.1) is 18.3 Å². The van der Waals surface area contributed by atoms with E-state index in [1.54, 1.807) is 11.8 Å². The molecule has 1 fully saturated rings. The van der Waals surface area contributed by atoms with Crippen molar-refractivity contribution in [2.75, 3.05) is 10.7 Å². The molecule has 0 bridgehead atoms. The first-order valence-electron chi connectivity index (χ1n) is 15.9. The van der Waals surface area contributed by atoms with Crippen LogP contribution in [0.25, 0.3) is 17.1 Å². The second-order valence-corrected chi connectivity index (χ2v) is 13.5. The second kappa shape index (κ2) is 14.8. The lowest BCUT2D eigenvalue weighted by atomic mass is 9.95. The van der Waals surface area contributed by atoms with Crippen LogP contribution in [0.1, 0.15) is 69.6 Å². The average Bonchev–Trinajstić information content (AvgIpc) is 3.50. The summed E-state index contributed by atoms with van der Waals surface area (Å²) in [6, 6.07) is 20.0. The Balaban J connectivity index is 1.17. The van der Waals surface area contributed by atoms with E-state index in [0.29, 0.717) is 23.9 Å². The molecular weight excluding hydrogens is 623 g/mol. The number of carbonyl (C=O) groups excluding carboxylic acids is 1. The number of hydrogen-bond donors (Lipinski definition) is 0. The molecule has 0 N–H and O–H groups in total. The zero-order valence-electron chi connectivity index (χ0n) is 27.3. The van der Waals surface area contributed by atoms with Gasteiger partial charge in [0.15, 0.2) is 11.0 Å². The molecule has 11 heteroatoms. The van der Waals surface area contributed by atoms with Gasteiger partial charge in [0, 0.05) is 29.5 Å². The summed E-state index contributed by atoms with van der Waals surface area (Å²) in [4.78, 5) is 24.5. The van der Waals surface area contributed by atoms with Crippen LogP contribution in [-0.2, 0) is 11.2 Å². The van der Waals surface area contributed by atoms with Gasteiger partial charge in [-0.3, -0.25) is 4.79 Å². The Morgan fingerprint density at radius 2 is 1.79 bits per heavy atom. The van der Waals surface area contributed by atoms with E-state index in [1.165, 1.54) is 46.4 Å². The molecule has 0 spiro atoms. The fourth-order valence-corrected chi connectivity index (χ4v) is 7.09. The lowest BCUT2D eigenvalue weighted by molar-refractivity contribution is -0.274. The quantitative estimate of drug-likeness (QED) is 0.169. The third-order valence-corrected chi connectivity index (χ3v) is 9.25. The fraction of sp³-hybridized carbons (Fsp3) is 0.389. The Morgan fingerprint density at radius 1 is 1.06 bits per heavy atom. The van der Waals surface area contributed by atoms with E-state index in [2.05, 4.69) is 77.5 Å². The molecule has 2 heterocycles. The number of anilines is 1. The minimum absolute atomic E-state index is 0.0858. The normalized spacial score (nSPS) is 16.9. The maximum Gasteiger partial charge on any atom is 0.573 e. The molecule has 1 saturated heterocycles. The zero-order chi connectivity index (χ0) is 33.7. The van der Waals surface area contributed by atoms with Crippen molar-refractivity contribution in [3.63, 3.8) is 0 Å². The monoisotopic (exact) mass is 663 g/mol. The first kappa shape index (κ1) is 34.2. The Morgan fingerprint density at radius 3 is 2.47 bits per heavy atom. The number of carbonyl (C=O) groups is 1. The van der Waals surface area contributed by atoms with E-state index < -0.39 is 6.36 Å². The van der Waals surface area contributed by atoms with Gasteiger partial charge in [-0.2, -0.15) is 4.99 Å². The minimum Gasteiger partial charge on any atom is -0.406 e. The number of amides is 1. The number of ether oxygens (including phenoxy) is 1. The van der Waals surface area contributed by atoms with E-state index in [4.69, 9.17) is 0 Å². The number of halogens is 3. The van der Waals surface area contributed by atoms with E-state index in [0.717, 1.165) is 47.0 Å². The highest BCUT2D eigenvalue weighted by Gasteiger charge is 2.31. The molecule has 2 atom stereocenters. The molecule has 1 aliphatic rings. The first-order valence-corrected chi connectivity index (χ1v) is 16.9. The molecule has 0 saturated carbocycles. The molecule has 0 aliphatic carbocycles. The van der Waals surface area contributed by atoms with Crippen molar-refractivity contribution in [1.29, 1.82) is 0 Å². The molecule has 1 aromatic heterocycles. The number of benzene rings is 3. The molecule has 47 heavy (non-hydrogen) atoms. The first-order chi connectivity index (χ1) is 22.4. The lowest BCUT2D eigenvalue weighted by Crippen LogP contribution is -2.42. The van der Waals surface area contributed by atoms with Gasteiger partial charge in [-0.1, -0.05) is 68.9 Å². The summed E-state index contributed by atoms with van der Waals surface area (Å²) in [5.41, 5.74) is 6.23. The predicted octanol–water partition coefficient (Wildman–Crippen LogP) is 9.14. The molecule has 7 nitrogen and oxygen atoms in total. The average molecular weight is 664 g/mol. The van der Waals surface area contributed by atoms with Crippen molar-refractivity contribution in [2.45, 2.75) is 78.6 Å². The Labute approximate surface area is 278 Å². The predicted molar refractivity (Wildman–Crippen MR) is 182 cm³/mol. The molecule has 1 aliphatic heterocycles. The highest BCUT2D eigenvalue weighted by molar-refractivity contribution is 8.14. The molecule has 0 radical (unpaired) electrons. The van der Waals surface area contributed by atoms with Crippen molar-refractivity contribution < 1.29 is 22.7 Å². The van der Waals surface area contributed by atoms with Gasteiger partial charge in [0.25, 0.3) is 0 Å². The summed E-state index contributed by atoms with van der Waals surface area (Å²) >= 11 is 1.66. The number of alkyl halides is 3. The molecule has 4 aromatic rings. The number of thioether (sulfide) groups is 1. The van der Waals surface area contributed by atoms with Crippen LogP contribution in [0.2, 0.25) is 0 Å². The zero-order valence-corrected chi connectivity index (χ0v) is 28.1. The Kier molecular flexibility index (Phi) is 10.7. The number of aromatic nitrogens is 3. The standard InChI is InChI=1S/C36H40F3N5O2S/c1-23(2)33-25(4)7-6-8-31(33)44-26(5)19-20-47-35(44)41-32(45)21-24(3)9-10-27-11-13-28(14-12-27)34-40-22-43(42-34)29-15-17-30(18-16-29)46-36(37,38)39/h6-8,11-18,22-24,26H,9-10,19-21H2,1-5H3. The Bertz CT molecular complexity index is 1700. The van der Waals surface area contributed by atoms with Crippen molar-refractivity contribution in [2.24, 2.45) is 10.9 Å². The summed E-state index contributed by atoms with van der Waals surface area (Å²) in [6.45, 7) is 10.9. The van der Waals surface area contributed by atoms with Crippen molar-refractivity contribution in [3.05, 3.63) is 89.7 Å². The van der Waals surface area contributed by atoms with Crippen molar-refractivity contribution in [3.8, 4) is 22.8 Å². The Hall–Kier alpha value is -4.12. The fourth-order valence-electron chi connectivity index (χ4n) is 5.87. The van der Waals surface area contributed by atoms with Crippen LogP contribution in [0.4, 0.5) is 18.9 Å². The number of nitrogens with zero attached hydrogens (tertiary/aromatic N) is 5. The SMILES string of the molecule is Cc1cccc(N2C(=NC(=O)CC(C)CCc3ccc(-c4ncn(-c5ccc(OC(F)(F)F)cc5)n4)cc3)SCCC2C)c1C(C)C. The van der Waals surface area contributed by atoms with Gasteiger partial charge in [-0.05, 0) is 92.0 Å². The topological polar surface area (TPSA) is 72.6 Å². The maximum absolute atomic E-state index is 13.2. The van der Waals surface area contributed by atoms with Crippen LogP contribution in [0.3, 0.4) is 0 Å². The number of aryl methyl sites for hydroxylation is 2. The summed E-state index contributed by atoms with van der Waals surface area (Å²) < 4.78 is 42.8. The van der Waals surface area contributed by atoms with Crippen LogP contribution in [0.5, 0.6) is 5.75 Å². The third-order valence-electron chi connectivity index (χ3n) is 8.26. The summed E-state index contributed by atoms with van der Waals surface area (Å²) in [5.74, 6) is 1.59. The van der Waals surface area contributed by atoms with Crippen molar-refractivity contribution >= 4 is 28.5 Å². The molecule has 1 amide bonds. The summed E-state index contributed by atoms with van der Waals surface area (Å²) in [7, 11) is 0. The molecule has 2 unspecified atom stereocenters. The van der Waals surface area contributed by atoms with E-state index >= 15 is 0 Å². The van der Waals surface area contributed by atoms with Crippen LogP contribution in [-0.4, -0.2) is 44.0 Å². The number of amidine groups is 1. The number of aliphatic imine (C=N–C) groups is 1. The largest absolute Gasteiger partial charge is 0.573 e. The van der Waals surface area contributed by atoms with Crippen LogP contribution < -0.4 is 9.64 Å². The van der Waals surface area contributed by atoms with E-state index in [1.807, 2.05) is 24.3 Å². The highest BCUT2D eigenvalue weighted by Crippen LogP contribution is 2.36. The summed E-state index contributed by atoms with van der Waals surface area (Å²) in [6.07, 6.45) is -0.138. The van der Waals surface area contributed by atoms with Gasteiger partial charge in [0.2, 0.25) is 5.91 Å². The minimum atomic E-state index is -4.74. The van der Waals surface area contributed by atoms with Crippen LogP contribution >= 0.6 is 11.8 Å². The van der Waals surface area contributed by atoms with E-state index in [9.17, 15) is 18.0 Å². The molecule has 248 valence electrons. The summed E-state index contributed by atoms with van der Waals surface area (Å²) in [5, 5.41) is 5.27. The smallest absolute Gasteiger partial charge is 0.406 e. The van der Waals surface area contributed by atoms with Gasteiger partial charge >= 0.3 is 6.36 Å². The third kappa shape index (κ3) is 8.82. The number of rotatable bonds is 10. The van der Waals surface area contributed by atoms with Crippen LogP contribution in [0.15, 0.2) is 78.0 Å². The molecular formula is C36H40F3N5O2S. The van der Waals surface area contributed by atoms with E-state index in [-0.39, 0.29) is 23.6 Å². The van der Waals surface area contributed by atoms with Crippen LogP contribution in [0, 0.1) is 12.8 Å². The van der Waals surface area contributed by atoms with Gasteiger partial charge < -0.3 is 9.64 Å². The van der Waals surface area contributed by atoms with Gasteiger partial charge in [0.1, 0.15) is 12.1 Å². The van der Waals surface area contributed by atoms with Gasteiger partial charge in [0.05, 0.1) is 5.69 Å². The highest BCUT2D eigenvalue weighted by atomic mass is 32.2. The number of hydrogen-bond acceptors (Lipinski definition) is 5. The second-order valence-electron chi connectivity index (χ2n) is 12.4. The maximum atomic E-state index is 13.2. The van der Waals surface area contributed by atoms with Crippen molar-refractivity contribution in [1.82, 2.24) is 14.8 Å². The molecule has 3 aromatic carbocycles.